The number of rotatable bonds is 1. The fourth-order valence-corrected chi connectivity index (χ4v) is 4.17. The highest BCUT2D eigenvalue weighted by Crippen LogP contribution is 2.48. The molecule has 1 unspecified atom stereocenters. The Balaban J connectivity index is 1.71. The summed E-state index contributed by atoms with van der Waals surface area (Å²) in [6, 6.07) is 13.2. The topological polar surface area (TPSA) is 20.3 Å². The smallest absolute Gasteiger partial charge is 0.254 e. The lowest BCUT2D eigenvalue weighted by Gasteiger charge is -2.53. The SMILES string of the molecule is Cc1ccc(C)c(C(=O)N2C3C[C@@H]2Cc2ccc(Br)cc23)c1. The van der Waals surface area contributed by atoms with Crippen LogP contribution >= 0.6 is 15.9 Å². The monoisotopic (exact) mass is 355 g/mol. The third-order valence-corrected chi connectivity index (χ3v) is 5.50. The molecule has 1 saturated heterocycles. The molecule has 1 aliphatic heterocycles. The number of hydrogen-bond acceptors (Lipinski definition) is 1. The van der Waals surface area contributed by atoms with E-state index in [1.54, 1.807) is 0 Å². The number of likely N-dealkylation sites (tertiary alicyclic amines) is 1. The van der Waals surface area contributed by atoms with Gasteiger partial charge in [-0.1, -0.05) is 39.7 Å². The van der Waals surface area contributed by atoms with Crippen LogP contribution < -0.4 is 0 Å². The van der Waals surface area contributed by atoms with Crippen LogP contribution in [0, 0.1) is 13.8 Å². The molecule has 2 atom stereocenters. The number of carbonyl (C=O) groups is 1. The van der Waals surface area contributed by atoms with E-state index in [-0.39, 0.29) is 11.9 Å². The summed E-state index contributed by atoms with van der Waals surface area (Å²) in [7, 11) is 0. The van der Waals surface area contributed by atoms with E-state index in [2.05, 4.69) is 45.1 Å². The molecule has 0 aromatic heterocycles. The van der Waals surface area contributed by atoms with Crippen molar-refractivity contribution in [1.82, 2.24) is 4.90 Å². The number of aryl methyl sites for hydroxylation is 2. The summed E-state index contributed by atoms with van der Waals surface area (Å²) in [6.07, 6.45) is 2.08. The van der Waals surface area contributed by atoms with Gasteiger partial charge in [-0.15, -0.1) is 0 Å². The van der Waals surface area contributed by atoms with E-state index in [4.69, 9.17) is 0 Å². The van der Waals surface area contributed by atoms with E-state index in [1.807, 2.05) is 26.0 Å². The molecule has 0 saturated carbocycles. The minimum Gasteiger partial charge on any atom is -0.328 e. The molecule has 112 valence electrons. The number of fused-ring (bicyclic) bond motifs is 4. The molecule has 2 bridgehead atoms. The lowest BCUT2D eigenvalue weighted by molar-refractivity contribution is 0.00644. The first kappa shape index (κ1) is 14.0. The maximum atomic E-state index is 13.0. The van der Waals surface area contributed by atoms with Crippen LogP contribution in [-0.2, 0) is 6.42 Å². The van der Waals surface area contributed by atoms with Crippen molar-refractivity contribution in [2.45, 2.75) is 38.8 Å². The van der Waals surface area contributed by atoms with Crippen LogP contribution in [0.2, 0.25) is 0 Å². The summed E-state index contributed by atoms with van der Waals surface area (Å²) in [4.78, 5) is 15.1. The number of hydrogen-bond donors (Lipinski definition) is 0. The van der Waals surface area contributed by atoms with Gasteiger partial charge in [0, 0.05) is 16.1 Å². The standard InChI is InChI=1S/C19H18BrNO/c1-11-3-4-12(2)16(7-11)19(22)21-15-8-13-5-6-14(20)9-17(13)18(21)10-15/h3-7,9,15,18H,8,10H2,1-2H3/t15-,18?/m0/s1. The van der Waals surface area contributed by atoms with Crippen molar-refractivity contribution in [3.8, 4) is 0 Å². The van der Waals surface area contributed by atoms with Gasteiger partial charge in [-0.2, -0.15) is 0 Å². The molecule has 1 aliphatic carbocycles. The second-order valence-electron chi connectivity index (χ2n) is 6.48. The minimum absolute atomic E-state index is 0.188. The Morgan fingerprint density at radius 1 is 1.18 bits per heavy atom. The van der Waals surface area contributed by atoms with Crippen molar-refractivity contribution in [2.24, 2.45) is 0 Å². The average Bonchev–Trinajstić information content (AvgIpc) is 2.48. The molecule has 2 aliphatic rings. The van der Waals surface area contributed by atoms with E-state index in [1.165, 1.54) is 11.1 Å². The second kappa shape index (κ2) is 4.95. The van der Waals surface area contributed by atoms with Crippen LogP contribution in [-0.4, -0.2) is 16.8 Å². The van der Waals surface area contributed by atoms with Gasteiger partial charge in [-0.25, -0.2) is 0 Å². The summed E-state index contributed by atoms with van der Waals surface area (Å²) >= 11 is 3.55. The molecule has 2 nitrogen and oxygen atoms in total. The highest BCUT2D eigenvalue weighted by atomic mass is 79.9. The predicted octanol–water partition coefficient (Wildman–Crippen LogP) is 4.58. The zero-order valence-electron chi connectivity index (χ0n) is 12.8. The van der Waals surface area contributed by atoms with Crippen LogP contribution in [0.25, 0.3) is 0 Å². The van der Waals surface area contributed by atoms with Gasteiger partial charge in [0.15, 0.2) is 0 Å². The number of halogens is 1. The van der Waals surface area contributed by atoms with Crippen molar-refractivity contribution in [3.63, 3.8) is 0 Å². The van der Waals surface area contributed by atoms with E-state index >= 15 is 0 Å². The van der Waals surface area contributed by atoms with Gasteiger partial charge in [0.2, 0.25) is 0 Å². The summed E-state index contributed by atoms with van der Waals surface area (Å²) in [5.41, 5.74) is 5.77. The van der Waals surface area contributed by atoms with Crippen LogP contribution in [0.3, 0.4) is 0 Å². The highest BCUT2D eigenvalue weighted by molar-refractivity contribution is 9.10. The second-order valence-corrected chi connectivity index (χ2v) is 7.40. The molecule has 0 radical (unpaired) electrons. The van der Waals surface area contributed by atoms with Gasteiger partial charge in [0.25, 0.3) is 5.91 Å². The third-order valence-electron chi connectivity index (χ3n) is 5.00. The molecule has 1 fully saturated rings. The van der Waals surface area contributed by atoms with Crippen LogP contribution in [0.4, 0.5) is 0 Å². The molecule has 1 amide bonds. The molecule has 4 rings (SSSR count). The van der Waals surface area contributed by atoms with Gasteiger partial charge in [0.1, 0.15) is 0 Å². The summed E-state index contributed by atoms with van der Waals surface area (Å²) in [5, 5.41) is 0. The lowest BCUT2D eigenvalue weighted by atomic mass is 9.75. The van der Waals surface area contributed by atoms with Crippen molar-refractivity contribution in [2.75, 3.05) is 0 Å². The van der Waals surface area contributed by atoms with E-state index in [0.717, 1.165) is 34.0 Å². The van der Waals surface area contributed by atoms with Crippen molar-refractivity contribution < 1.29 is 4.79 Å². The zero-order valence-corrected chi connectivity index (χ0v) is 14.4. The van der Waals surface area contributed by atoms with Gasteiger partial charge < -0.3 is 4.90 Å². The molecule has 2 aromatic carbocycles. The Bertz CT molecular complexity index is 783. The Hall–Kier alpha value is -1.61. The first-order valence-corrected chi connectivity index (χ1v) is 8.52. The van der Waals surface area contributed by atoms with Crippen LogP contribution in [0.5, 0.6) is 0 Å². The van der Waals surface area contributed by atoms with Gasteiger partial charge in [-0.05, 0) is 61.6 Å². The summed E-state index contributed by atoms with van der Waals surface area (Å²) < 4.78 is 1.09. The van der Waals surface area contributed by atoms with Crippen molar-refractivity contribution >= 4 is 21.8 Å². The molecule has 0 N–H and O–H groups in total. The van der Waals surface area contributed by atoms with Crippen molar-refractivity contribution in [1.29, 1.82) is 0 Å². The molecular formula is C19H18BrNO. The number of carbonyl (C=O) groups excluding carboxylic acids is 1. The van der Waals surface area contributed by atoms with Gasteiger partial charge in [0.05, 0.1) is 6.04 Å². The number of amides is 1. The van der Waals surface area contributed by atoms with Crippen LogP contribution in [0.1, 0.15) is 45.1 Å². The normalized spacial score (nSPS) is 22.0. The van der Waals surface area contributed by atoms with Crippen LogP contribution in [0.15, 0.2) is 40.9 Å². The number of nitrogens with zero attached hydrogens (tertiary/aromatic N) is 1. The summed E-state index contributed by atoms with van der Waals surface area (Å²) in [6.45, 7) is 4.06. The first-order chi connectivity index (χ1) is 10.5. The Labute approximate surface area is 139 Å². The third kappa shape index (κ3) is 2.03. The predicted molar refractivity (Wildman–Crippen MR) is 91.1 cm³/mol. The minimum atomic E-state index is 0.188. The van der Waals surface area contributed by atoms with Crippen molar-refractivity contribution in [3.05, 3.63) is 68.7 Å². The molecule has 3 heteroatoms. The first-order valence-electron chi connectivity index (χ1n) is 7.73. The highest BCUT2D eigenvalue weighted by Gasteiger charge is 2.47. The van der Waals surface area contributed by atoms with Gasteiger partial charge >= 0.3 is 0 Å². The molecule has 22 heavy (non-hydrogen) atoms. The molecular weight excluding hydrogens is 338 g/mol. The number of benzene rings is 2. The van der Waals surface area contributed by atoms with Gasteiger partial charge in [-0.3, -0.25) is 4.79 Å². The fourth-order valence-electron chi connectivity index (χ4n) is 3.79. The van der Waals surface area contributed by atoms with E-state index in [0.29, 0.717) is 6.04 Å². The largest absolute Gasteiger partial charge is 0.328 e. The van der Waals surface area contributed by atoms with E-state index in [9.17, 15) is 4.79 Å². The molecule has 2 aromatic rings. The summed E-state index contributed by atoms with van der Waals surface area (Å²) in [5.74, 6) is 0.188. The zero-order chi connectivity index (χ0) is 15.4. The lowest BCUT2D eigenvalue weighted by Crippen LogP contribution is -2.57. The maximum absolute atomic E-state index is 13.0. The molecule has 1 heterocycles. The Morgan fingerprint density at radius 2 is 2.00 bits per heavy atom. The Morgan fingerprint density at radius 3 is 2.82 bits per heavy atom. The van der Waals surface area contributed by atoms with E-state index < -0.39 is 0 Å². The average molecular weight is 356 g/mol. The quantitative estimate of drug-likeness (QED) is 0.733. The fraction of sp³-hybridized carbons (Fsp3) is 0.316. The Kier molecular flexibility index (Phi) is 3.15. The maximum Gasteiger partial charge on any atom is 0.254 e. The molecule has 0 spiro atoms.